The molecule has 0 radical (unpaired) electrons. The minimum Gasteiger partial charge on any atom is -0.479 e. The van der Waals surface area contributed by atoms with Crippen LogP contribution in [0.15, 0.2) is 110 Å². The monoisotopic (exact) mass is 1550 g/mol. The minimum atomic E-state index is -4.98. The van der Waals surface area contributed by atoms with Gasteiger partial charge >= 0.3 is 28.2 Å². The molecule has 2 aliphatic heterocycles. The van der Waals surface area contributed by atoms with Crippen LogP contribution in [0.1, 0.15) is 97.5 Å². The first-order valence-electron chi connectivity index (χ1n) is 33.4. The molecule has 4 aliphatic rings. The molecule has 580 valence electrons. The lowest BCUT2D eigenvalue weighted by molar-refractivity contribution is -0.347. The Balaban J connectivity index is 0.00000346. The molecule has 4 aromatic carbocycles. The number of nitrogens with one attached hydrogen (secondary N) is 6. The zero-order valence-corrected chi connectivity index (χ0v) is 59.1. The van der Waals surface area contributed by atoms with Crippen molar-refractivity contribution in [3.8, 4) is 0 Å². The van der Waals surface area contributed by atoms with Gasteiger partial charge in [0.05, 0.1) is 48.5 Å². The number of amides is 3. The van der Waals surface area contributed by atoms with Crippen LogP contribution in [0.5, 0.6) is 0 Å². The van der Waals surface area contributed by atoms with Gasteiger partial charge in [0.1, 0.15) is 72.3 Å². The number of H-pyrrole nitrogens is 2. The molecule has 106 heavy (non-hydrogen) atoms. The first-order chi connectivity index (χ1) is 50.3. The largest absolute Gasteiger partial charge is 0.479 e. The number of aliphatic carboxylic acids is 1. The summed E-state index contributed by atoms with van der Waals surface area (Å²) in [4.78, 5) is 109. The second-order valence-corrected chi connectivity index (χ2v) is 28.7. The maximum absolute atomic E-state index is 14.6. The topological polar surface area (TPSA) is 571 Å². The lowest BCUT2D eigenvalue weighted by Gasteiger charge is -2.49. The van der Waals surface area contributed by atoms with E-state index in [1.807, 2.05) is 4.98 Å². The number of carbonyl (C=O) groups is 6. The summed E-state index contributed by atoms with van der Waals surface area (Å²) >= 11 is 0. The van der Waals surface area contributed by atoms with Gasteiger partial charge in [0.25, 0.3) is 31.7 Å². The Labute approximate surface area is 606 Å². The SMILES string of the molecule is CC1OC(OC2C(NC(=O)c3cc(=O)[nH]c(=O)[nH]3)CC(C(=O)CCCNC(=O)COCCOCC(=O)Nc3cccc(CNc4cccc5cc(S(=O)(=O)O)cc(S(=O)(=O)O)c45)c3)CC2OC2OC(CO)C(O)C(O[C@@H](CC3CCCCC3)C(=O)O)C2OC(=O)c2ccccc2)C(O)C(O)C1O.O=S(=O)=O. The van der Waals surface area contributed by atoms with Crippen LogP contribution in [-0.4, -0.2) is 240 Å². The molecule has 14 unspecified atom stereocenters. The number of carboxylic acids is 1. The number of Topliss-reactive ketones (excluding diaryl/α,β-unsaturated/α-hetero) is 1. The Bertz CT molecular complexity index is 4340. The normalized spacial score (nSPS) is 25.2. The summed E-state index contributed by atoms with van der Waals surface area (Å²) in [6, 6.07) is 19.4. The summed E-state index contributed by atoms with van der Waals surface area (Å²) in [7, 11) is -12.9. The first kappa shape index (κ1) is 83.2. The van der Waals surface area contributed by atoms with E-state index in [9.17, 15) is 94.9 Å². The van der Waals surface area contributed by atoms with Gasteiger partial charge in [-0.15, -0.1) is 12.6 Å². The third-order valence-corrected chi connectivity index (χ3v) is 19.6. The van der Waals surface area contributed by atoms with Gasteiger partial charge in [0, 0.05) is 48.3 Å². The van der Waals surface area contributed by atoms with E-state index >= 15 is 0 Å². The summed E-state index contributed by atoms with van der Waals surface area (Å²) in [6.45, 7) is -0.761. The van der Waals surface area contributed by atoms with Gasteiger partial charge in [-0.05, 0) is 91.9 Å². The number of ether oxygens (including phenoxy) is 8. The van der Waals surface area contributed by atoms with Crippen LogP contribution in [-0.2, 0) is 94.5 Å². The van der Waals surface area contributed by atoms with E-state index < -0.39 is 205 Å². The highest BCUT2D eigenvalue weighted by atomic mass is 32.2. The number of benzene rings is 4. The summed E-state index contributed by atoms with van der Waals surface area (Å²) in [5.74, 6) is -6.43. The number of rotatable bonds is 32. The van der Waals surface area contributed by atoms with Gasteiger partial charge in [0.15, 0.2) is 24.8 Å². The number of aliphatic hydroxyl groups excluding tert-OH is 5. The average molecular weight is 1550 g/mol. The first-order valence-corrected chi connectivity index (χ1v) is 37.3. The molecule has 14 N–H and O–H groups in total. The molecule has 1 aromatic heterocycles. The smallest absolute Gasteiger partial charge is 0.425 e. The Hall–Kier alpha value is -8.40. The lowest BCUT2D eigenvalue weighted by Crippen LogP contribution is -2.65. The second-order valence-electron chi connectivity index (χ2n) is 25.4. The number of hydrogen-bond donors (Lipinski definition) is 14. The van der Waals surface area contributed by atoms with Crippen LogP contribution in [0.4, 0.5) is 11.4 Å². The number of fused-ring (bicyclic) bond motifs is 1. The molecule has 0 bridgehead atoms. The quantitative estimate of drug-likeness (QED) is 0.0149. The van der Waals surface area contributed by atoms with Crippen LogP contribution >= 0.6 is 0 Å². The molecule has 15 atom stereocenters. The van der Waals surface area contributed by atoms with Crippen LogP contribution in [0.25, 0.3) is 10.8 Å². The molecule has 2 saturated heterocycles. The highest BCUT2D eigenvalue weighted by Gasteiger charge is 2.54. The molecule has 0 spiro atoms. The Morgan fingerprint density at radius 1 is 0.726 bits per heavy atom. The zero-order chi connectivity index (χ0) is 77.2. The number of aliphatic hydroxyl groups is 5. The van der Waals surface area contributed by atoms with E-state index in [4.69, 9.17) is 50.5 Å². The number of aromatic amines is 2. The zero-order valence-electron chi connectivity index (χ0n) is 56.6. The van der Waals surface area contributed by atoms with Crippen molar-refractivity contribution in [1.82, 2.24) is 20.6 Å². The Morgan fingerprint density at radius 2 is 1.42 bits per heavy atom. The number of carbonyl (C=O) groups excluding carboxylic acids is 5. The fourth-order valence-electron chi connectivity index (χ4n) is 12.8. The number of carboxylic acid groups (broad SMARTS) is 1. The number of anilines is 2. The van der Waals surface area contributed by atoms with E-state index in [-0.39, 0.29) is 86.3 Å². The van der Waals surface area contributed by atoms with Crippen LogP contribution < -0.4 is 32.5 Å². The van der Waals surface area contributed by atoms with Crippen molar-refractivity contribution in [3.63, 3.8) is 0 Å². The molecule has 2 saturated carbocycles. The molecule has 40 heteroatoms. The minimum absolute atomic E-state index is 0.0100. The van der Waals surface area contributed by atoms with Crippen LogP contribution in [0.2, 0.25) is 0 Å². The molecular formula is C66H82N6O31S3. The van der Waals surface area contributed by atoms with Gasteiger partial charge in [-0.3, -0.25) is 38.1 Å². The Kier molecular flexibility index (Phi) is 30.2. The lowest BCUT2D eigenvalue weighted by atomic mass is 9.78. The predicted octanol–water partition coefficient (Wildman–Crippen LogP) is -0.326. The number of ketones is 1. The van der Waals surface area contributed by atoms with Gasteiger partial charge < -0.3 is 94.8 Å². The van der Waals surface area contributed by atoms with Crippen molar-refractivity contribution < 1.29 is 136 Å². The van der Waals surface area contributed by atoms with Gasteiger partial charge in [-0.2, -0.15) is 16.8 Å². The maximum atomic E-state index is 14.6. The van der Waals surface area contributed by atoms with Crippen molar-refractivity contribution in [2.24, 2.45) is 11.8 Å². The molecule has 3 amide bonds. The predicted molar refractivity (Wildman–Crippen MR) is 363 cm³/mol. The van der Waals surface area contributed by atoms with Gasteiger partial charge in [0.2, 0.25) is 11.8 Å². The molecule has 3 heterocycles. The van der Waals surface area contributed by atoms with E-state index in [0.717, 1.165) is 31.4 Å². The van der Waals surface area contributed by atoms with E-state index in [0.29, 0.717) is 30.2 Å². The average Bonchev–Trinajstić information content (AvgIpc) is 0.769. The second kappa shape index (κ2) is 38.4. The van der Waals surface area contributed by atoms with Crippen LogP contribution in [0, 0.1) is 11.8 Å². The fraction of sp³-hybridized carbons (Fsp3) is 0.515. The van der Waals surface area contributed by atoms with Crippen LogP contribution in [0.3, 0.4) is 0 Å². The van der Waals surface area contributed by atoms with Gasteiger partial charge in [-0.25, -0.2) is 14.4 Å². The Morgan fingerprint density at radius 3 is 2.08 bits per heavy atom. The number of esters is 1. The maximum Gasteiger partial charge on any atom is 0.425 e. The highest BCUT2D eigenvalue weighted by molar-refractivity contribution is 7.86. The molecule has 5 aromatic rings. The van der Waals surface area contributed by atoms with Crippen molar-refractivity contribution in [2.45, 2.75) is 173 Å². The highest BCUT2D eigenvalue weighted by Crippen LogP contribution is 2.39. The molecular weight excluding hydrogens is 1470 g/mol. The number of aromatic nitrogens is 2. The van der Waals surface area contributed by atoms with Crippen molar-refractivity contribution in [2.75, 3.05) is 50.2 Å². The fourth-order valence-corrected chi connectivity index (χ4v) is 14.1. The van der Waals surface area contributed by atoms with E-state index in [1.165, 1.54) is 49.4 Å². The summed E-state index contributed by atoms with van der Waals surface area (Å²) < 4.78 is 142. The number of hydrogen-bond acceptors (Lipinski definition) is 29. The van der Waals surface area contributed by atoms with Gasteiger partial charge in [-0.1, -0.05) is 74.6 Å². The van der Waals surface area contributed by atoms with Crippen molar-refractivity contribution in [3.05, 3.63) is 129 Å². The molecule has 2 aliphatic carbocycles. The summed E-state index contributed by atoms with van der Waals surface area (Å²) in [5.41, 5.74) is -1.47. The summed E-state index contributed by atoms with van der Waals surface area (Å²) in [6.07, 6.45) is -19.5. The van der Waals surface area contributed by atoms with Crippen molar-refractivity contribution >= 4 is 88.4 Å². The standard InChI is InChI=1S/C66H82N6O28S2.O3S/c1-34-54(78)56(80)57(81)64(95-34)100-58-43(70-61(82)44-29-50(75)72-66(86)71-44)26-39(27-46(58)97-65-60(99-63(85)37-14-6-3-7-15-37)59(55(79)48(31-73)98-65)96-47(62(83)84)24-35-11-4-2-5-12-35)45(74)19-10-20-67-51(76)32-93-21-22-94-33-52(77)69-40-17-8-13-36(23-40)30-68-42-18-9-16-38-25-41(101(87,88)89)28-49(53(38)42)102(90,91)92;1-4(2)3/h3,6-9,13-18,23,25,28-29,34-35,39,43,46-48,54-60,64-65,68,73,78-81H,2,4-5,10-12,19-22,24,26-27,30-33H2,1H3,(H,67,76)(H,69,77)(H,70,82)(H,83,84)(H,87,88,89)(H,90,91,92)(H2,71,72,75,86);/t34?,39?,43?,46?,47-,48?,54?,55?,56?,57?,58?,59?,60?,64?,65?;/m0./s1. The third kappa shape index (κ3) is 23.6. The molecule has 9 rings (SSSR count). The molecule has 4 fully saturated rings. The third-order valence-electron chi connectivity index (χ3n) is 17.9. The van der Waals surface area contributed by atoms with E-state index in [2.05, 4.69) is 26.3 Å². The van der Waals surface area contributed by atoms with E-state index in [1.54, 1.807) is 30.3 Å². The molecule has 37 nitrogen and oxygen atoms in total. The summed E-state index contributed by atoms with van der Waals surface area (Å²) in [5, 5.41) is 77.2. The van der Waals surface area contributed by atoms with Crippen molar-refractivity contribution in [1.29, 1.82) is 0 Å².